The molecule has 2 rings (SSSR count). The fourth-order valence-corrected chi connectivity index (χ4v) is 2.04. The summed E-state index contributed by atoms with van der Waals surface area (Å²) in [6.45, 7) is -0.0898. The lowest BCUT2D eigenvalue weighted by Gasteiger charge is -2.04. The van der Waals surface area contributed by atoms with Gasteiger partial charge in [-0.1, -0.05) is 23.7 Å². The number of carbonyl (C=O) groups is 1. The van der Waals surface area contributed by atoms with Crippen molar-refractivity contribution in [1.29, 1.82) is 0 Å². The first kappa shape index (κ1) is 15.8. The topological polar surface area (TPSA) is 50.7 Å². The van der Waals surface area contributed by atoms with Crippen molar-refractivity contribution in [3.63, 3.8) is 0 Å². The molecule has 21 heavy (non-hydrogen) atoms. The highest BCUT2D eigenvalue weighted by atomic mass is 127. The third kappa shape index (κ3) is 5.73. The molecule has 6 heteroatoms. The Bertz CT molecular complexity index is 644. The van der Waals surface area contributed by atoms with E-state index in [0.717, 1.165) is 9.13 Å². The van der Waals surface area contributed by atoms with Crippen LogP contribution in [-0.4, -0.2) is 18.7 Å². The molecule has 0 fully saturated rings. The molecule has 2 aromatic rings. The van der Waals surface area contributed by atoms with Gasteiger partial charge < -0.3 is 4.74 Å². The van der Waals surface area contributed by atoms with Gasteiger partial charge in [0.05, 0.1) is 6.21 Å². The highest BCUT2D eigenvalue weighted by Gasteiger charge is 2.01. The molecule has 108 valence electrons. The van der Waals surface area contributed by atoms with Gasteiger partial charge in [0.1, 0.15) is 5.75 Å². The average Bonchev–Trinajstić information content (AvgIpc) is 2.47. The van der Waals surface area contributed by atoms with Crippen molar-refractivity contribution in [1.82, 2.24) is 5.43 Å². The molecule has 1 amide bonds. The summed E-state index contributed by atoms with van der Waals surface area (Å²) in [7, 11) is 0. The number of nitrogens with zero attached hydrogens (tertiary/aromatic N) is 1. The van der Waals surface area contributed by atoms with Gasteiger partial charge in [-0.2, -0.15) is 5.10 Å². The van der Waals surface area contributed by atoms with Gasteiger partial charge in [-0.25, -0.2) is 5.43 Å². The van der Waals surface area contributed by atoms with Crippen LogP contribution in [0.15, 0.2) is 53.6 Å². The van der Waals surface area contributed by atoms with E-state index in [1.165, 1.54) is 6.21 Å². The maximum atomic E-state index is 11.6. The molecule has 0 spiro atoms. The van der Waals surface area contributed by atoms with Crippen molar-refractivity contribution in [3.8, 4) is 5.75 Å². The zero-order chi connectivity index (χ0) is 15.1. The Labute approximate surface area is 141 Å². The summed E-state index contributed by atoms with van der Waals surface area (Å²) >= 11 is 8.05. The fourth-order valence-electron chi connectivity index (χ4n) is 1.48. The van der Waals surface area contributed by atoms with Gasteiger partial charge in [-0.15, -0.1) is 0 Å². The number of hydrogen-bond donors (Lipinski definition) is 1. The van der Waals surface area contributed by atoms with Crippen molar-refractivity contribution in [3.05, 3.63) is 62.7 Å². The molecule has 0 saturated heterocycles. The number of ether oxygens (including phenoxy) is 1. The van der Waals surface area contributed by atoms with Gasteiger partial charge in [-0.3, -0.25) is 4.79 Å². The average molecular weight is 415 g/mol. The normalized spacial score (nSPS) is 10.6. The van der Waals surface area contributed by atoms with E-state index in [1.54, 1.807) is 12.1 Å². The molecule has 0 unspecified atom stereocenters. The van der Waals surface area contributed by atoms with E-state index in [0.29, 0.717) is 10.8 Å². The molecule has 0 aromatic heterocycles. The minimum Gasteiger partial charge on any atom is -0.484 e. The summed E-state index contributed by atoms with van der Waals surface area (Å²) < 4.78 is 6.44. The monoisotopic (exact) mass is 414 g/mol. The molecule has 1 N–H and O–H groups in total. The van der Waals surface area contributed by atoms with E-state index in [2.05, 4.69) is 33.1 Å². The van der Waals surface area contributed by atoms with Gasteiger partial charge in [0.2, 0.25) is 0 Å². The summed E-state index contributed by atoms with van der Waals surface area (Å²) in [6, 6.07) is 14.6. The van der Waals surface area contributed by atoms with E-state index in [1.807, 2.05) is 36.4 Å². The molecular weight excluding hydrogens is 403 g/mol. The summed E-state index contributed by atoms with van der Waals surface area (Å²) in [6.07, 6.45) is 1.52. The van der Waals surface area contributed by atoms with Gasteiger partial charge in [-0.05, 0) is 64.6 Å². The standard InChI is InChI=1S/C15H12ClIN2O2/c16-12-3-1-2-11(8-12)9-18-19-15(20)10-21-14-6-4-13(17)5-7-14/h1-9H,10H2,(H,19,20). The minimum atomic E-state index is -0.327. The van der Waals surface area contributed by atoms with Gasteiger partial charge in [0.25, 0.3) is 5.91 Å². The van der Waals surface area contributed by atoms with Crippen molar-refractivity contribution >= 4 is 46.3 Å². The fraction of sp³-hybridized carbons (Fsp3) is 0.0667. The van der Waals surface area contributed by atoms with Crippen molar-refractivity contribution < 1.29 is 9.53 Å². The second-order valence-corrected chi connectivity index (χ2v) is 5.77. The van der Waals surface area contributed by atoms with E-state index in [9.17, 15) is 4.79 Å². The molecule has 0 bridgehead atoms. The predicted octanol–water partition coefficient (Wildman–Crippen LogP) is 3.47. The third-order valence-electron chi connectivity index (χ3n) is 2.44. The number of rotatable bonds is 5. The second kappa shape index (κ2) is 7.99. The van der Waals surface area contributed by atoms with Gasteiger partial charge in [0.15, 0.2) is 6.61 Å². The Morgan fingerprint density at radius 2 is 2.05 bits per heavy atom. The maximum absolute atomic E-state index is 11.6. The molecule has 0 heterocycles. The molecule has 0 aliphatic heterocycles. The van der Waals surface area contributed by atoms with E-state index in [4.69, 9.17) is 16.3 Å². The molecule has 0 saturated carbocycles. The molecule has 0 aliphatic rings. The van der Waals surface area contributed by atoms with E-state index >= 15 is 0 Å². The Kier molecular flexibility index (Phi) is 6.01. The summed E-state index contributed by atoms with van der Waals surface area (Å²) in [5, 5.41) is 4.46. The summed E-state index contributed by atoms with van der Waals surface area (Å²) in [5.41, 5.74) is 3.20. The van der Waals surface area contributed by atoms with Crippen LogP contribution < -0.4 is 10.2 Å². The smallest absolute Gasteiger partial charge is 0.277 e. The first-order valence-corrected chi connectivity index (χ1v) is 7.55. The highest BCUT2D eigenvalue weighted by molar-refractivity contribution is 14.1. The molecular formula is C15H12ClIN2O2. The summed E-state index contributed by atoms with van der Waals surface area (Å²) in [5.74, 6) is 0.316. The van der Waals surface area contributed by atoms with Crippen molar-refractivity contribution in [2.45, 2.75) is 0 Å². The van der Waals surface area contributed by atoms with E-state index < -0.39 is 0 Å². The van der Waals surface area contributed by atoms with E-state index in [-0.39, 0.29) is 12.5 Å². The first-order chi connectivity index (χ1) is 10.1. The predicted molar refractivity (Wildman–Crippen MR) is 91.8 cm³/mol. The molecule has 4 nitrogen and oxygen atoms in total. The van der Waals surface area contributed by atoms with Gasteiger partial charge >= 0.3 is 0 Å². The van der Waals surface area contributed by atoms with Crippen LogP contribution in [0.4, 0.5) is 0 Å². The number of benzene rings is 2. The lowest BCUT2D eigenvalue weighted by atomic mass is 10.2. The zero-order valence-electron chi connectivity index (χ0n) is 10.9. The van der Waals surface area contributed by atoms with Gasteiger partial charge in [0, 0.05) is 8.59 Å². The van der Waals surface area contributed by atoms with Crippen LogP contribution in [0.1, 0.15) is 5.56 Å². The Hall–Kier alpha value is -1.60. The van der Waals surface area contributed by atoms with Crippen LogP contribution in [0.5, 0.6) is 5.75 Å². The maximum Gasteiger partial charge on any atom is 0.277 e. The van der Waals surface area contributed by atoms with Crippen LogP contribution >= 0.6 is 34.2 Å². The first-order valence-electron chi connectivity index (χ1n) is 6.09. The number of hydrazone groups is 1. The molecule has 0 aliphatic carbocycles. The quantitative estimate of drug-likeness (QED) is 0.463. The second-order valence-electron chi connectivity index (χ2n) is 4.09. The van der Waals surface area contributed by atoms with Crippen LogP contribution in [0.25, 0.3) is 0 Å². The number of carbonyl (C=O) groups excluding carboxylic acids is 1. The lowest BCUT2D eigenvalue weighted by molar-refractivity contribution is -0.123. The SMILES string of the molecule is O=C(COc1ccc(I)cc1)NN=Cc1cccc(Cl)c1. The van der Waals surface area contributed by atoms with Crippen LogP contribution in [-0.2, 0) is 4.79 Å². The molecule has 2 aromatic carbocycles. The Balaban J connectivity index is 1.78. The number of nitrogens with one attached hydrogen (secondary N) is 1. The minimum absolute atomic E-state index is 0.0898. The van der Waals surface area contributed by atoms with Crippen LogP contribution in [0.2, 0.25) is 5.02 Å². The van der Waals surface area contributed by atoms with Crippen LogP contribution in [0.3, 0.4) is 0 Å². The third-order valence-corrected chi connectivity index (χ3v) is 3.39. The summed E-state index contributed by atoms with van der Waals surface area (Å²) in [4.78, 5) is 11.6. The highest BCUT2D eigenvalue weighted by Crippen LogP contribution is 2.13. The zero-order valence-corrected chi connectivity index (χ0v) is 13.8. The van der Waals surface area contributed by atoms with Crippen LogP contribution in [0, 0.1) is 3.57 Å². The Morgan fingerprint density at radius 3 is 2.76 bits per heavy atom. The van der Waals surface area contributed by atoms with Crippen molar-refractivity contribution in [2.75, 3.05) is 6.61 Å². The molecule has 0 radical (unpaired) electrons. The van der Waals surface area contributed by atoms with Crippen molar-refractivity contribution in [2.24, 2.45) is 5.10 Å². The lowest BCUT2D eigenvalue weighted by Crippen LogP contribution is -2.24. The molecule has 0 atom stereocenters. The largest absolute Gasteiger partial charge is 0.484 e. The number of amides is 1. The Morgan fingerprint density at radius 1 is 1.29 bits per heavy atom. The number of halogens is 2. The number of hydrogen-bond acceptors (Lipinski definition) is 3.